The summed E-state index contributed by atoms with van der Waals surface area (Å²) in [6.45, 7) is 0.603. The van der Waals surface area contributed by atoms with Gasteiger partial charge in [0.15, 0.2) is 0 Å². The Labute approximate surface area is 100 Å². The van der Waals surface area contributed by atoms with Crippen LogP contribution in [0.5, 0.6) is 5.75 Å². The molecule has 1 heterocycles. The molecule has 4 nitrogen and oxygen atoms in total. The molecule has 0 radical (unpaired) electrons. The Bertz CT molecular complexity index is 447. The first kappa shape index (κ1) is 10.6. The Morgan fingerprint density at radius 1 is 1.41 bits per heavy atom. The van der Waals surface area contributed by atoms with Crippen LogP contribution in [-0.2, 0) is 4.79 Å². The Morgan fingerprint density at radius 3 is 2.94 bits per heavy atom. The van der Waals surface area contributed by atoms with Crippen LogP contribution in [0.15, 0.2) is 24.3 Å². The summed E-state index contributed by atoms with van der Waals surface area (Å²) >= 11 is 0. The number of nitrogens with two attached hydrogens (primary N) is 1. The zero-order valence-corrected chi connectivity index (χ0v) is 9.56. The van der Waals surface area contributed by atoms with E-state index in [-0.39, 0.29) is 23.9 Å². The molecule has 3 atom stereocenters. The van der Waals surface area contributed by atoms with E-state index in [0.29, 0.717) is 6.61 Å². The lowest BCUT2D eigenvalue weighted by atomic mass is 9.92. The molecule has 1 aromatic rings. The van der Waals surface area contributed by atoms with E-state index in [1.807, 2.05) is 24.3 Å². The molecule has 1 fully saturated rings. The van der Waals surface area contributed by atoms with Crippen molar-refractivity contribution in [2.45, 2.75) is 30.8 Å². The fourth-order valence-corrected chi connectivity index (χ4v) is 2.28. The highest BCUT2D eigenvalue weighted by atomic mass is 16.5. The molecule has 1 amide bonds. The minimum atomic E-state index is -0.0900. The maximum atomic E-state index is 12.1. The molecule has 1 aromatic carbocycles. The maximum absolute atomic E-state index is 12.1. The summed E-state index contributed by atoms with van der Waals surface area (Å²) < 4.78 is 5.54. The normalized spacial score (nSPS) is 30.1. The second-order valence-corrected chi connectivity index (χ2v) is 4.74. The van der Waals surface area contributed by atoms with Gasteiger partial charge in [0.1, 0.15) is 5.75 Å². The van der Waals surface area contributed by atoms with Crippen LogP contribution in [-0.4, -0.2) is 24.6 Å². The summed E-state index contributed by atoms with van der Waals surface area (Å²) in [4.78, 5) is 12.1. The smallest absolute Gasteiger partial charge is 0.228 e. The topological polar surface area (TPSA) is 64.3 Å². The van der Waals surface area contributed by atoms with Crippen molar-refractivity contribution in [2.75, 3.05) is 6.61 Å². The number of para-hydroxylation sites is 1. The Kier molecular flexibility index (Phi) is 2.52. The molecule has 90 valence electrons. The second-order valence-electron chi connectivity index (χ2n) is 4.74. The monoisotopic (exact) mass is 232 g/mol. The van der Waals surface area contributed by atoms with Gasteiger partial charge in [-0.05, 0) is 18.9 Å². The molecule has 3 unspecified atom stereocenters. The summed E-state index contributed by atoms with van der Waals surface area (Å²) in [5.41, 5.74) is 6.69. The highest BCUT2D eigenvalue weighted by Crippen LogP contribution is 2.34. The third-order valence-electron chi connectivity index (χ3n) is 3.44. The third-order valence-corrected chi connectivity index (χ3v) is 3.44. The van der Waals surface area contributed by atoms with Crippen LogP contribution < -0.4 is 15.8 Å². The average molecular weight is 232 g/mol. The first-order chi connectivity index (χ1) is 8.25. The molecule has 17 heavy (non-hydrogen) atoms. The summed E-state index contributed by atoms with van der Waals surface area (Å²) in [5.74, 6) is 0.824. The van der Waals surface area contributed by atoms with E-state index in [2.05, 4.69) is 5.32 Å². The Hall–Kier alpha value is -1.55. The van der Waals surface area contributed by atoms with E-state index in [0.717, 1.165) is 24.2 Å². The largest absolute Gasteiger partial charge is 0.493 e. The van der Waals surface area contributed by atoms with Gasteiger partial charge in [-0.2, -0.15) is 0 Å². The van der Waals surface area contributed by atoms with Gasteiger partial charge >= 0.3 is 0 Å². The molecule has 2 aliphatic rings. The number of ether oxygens (including phenoxy) is 1. The molecule has 1 aliphatic heterocycles. The number of fused-ring (bicyclic) bond motifs is 1. The number of carbonyl (C=O) groups excluding carboxylic acids is 1. The average Bonchev–Trinajstić information content (AvgIpc) is 3.04. The molecular formula is C13H16N2O2. The Balaban J connectivity index is 1.77. The van der Waals surface area contributed by atoms with E-state index >= 15 is 0 Å². The summed E-state index contributed by atoms with van der Waals surface area (Å²) in [5, 5.41) is 2.99. The number of hydrogen-bond donors (Lipinski definition) is 2. The lowest BCUT2D eigenvalue weighted by Crippen LogP contribution is -2.35. The van der Waals surface area contributed by atoms with Crippen molar-refractivity contribution in [1.82, 2.24) is 5.32 Å². The van der Waals surface area contributed by atoms with Gasteiger partial charge in [0.2, 0.25) is 5.91 Å². The van der Waals surface area contributed by atoms with Crippen LogP contribution in [0.3, 0.4) is 0 Å². The van der Waals surface area contributed by atoms with Gasteiger partial charge in [-0.25, -0.2) is 0 Å². The molecule has 0 aromatic heterocycles. The SMILES string of the molecule is NC1CC1NC(=O)C1CCOc2ccccc21. The first-order valence-corrected chi connectivity index (χ1v) is 6.03. The van der Waals surface area contributed by atoms with Gasteiger partial charge in [-0.15, -0.1) is 0 Å². The van der Waals surface area contributed by atoms with Crippen molar-refractivity contribution >= 4 is 5.91 Å². The second kappa shape index (κ2) is 4.04. The number of rotatable bonds is 2. The number of amides is 1. The number of nitrogens with one attached hydrogen (secondary N) is 1. The van der Waals surface area contributed by atoms with Gasteiger partial charge in [0.05, 0.1) is 12.5 Å². The zero-order chi connectivity index (χ0) is 11.8. The molecule has 4 heteroatoms. The maximum Gasteiger partial charge on any atom is 0.228 e. The van der Waals surface area contributed by atoms with E-state index in [4.69, 9.17) is 10.5 Å². The van der Waals surface area contributed by atoms with Crippen molar-refractivity contribution < 1.29 is 9.53 Å². The predicted molar refractivity (Wildman–Crippen MR) is 63.8 cm³/mol. The minimum absolute atomic E-state index is 0.0821. The predicted octanol–water partition coefficient (Wildman–Crippen LogP) is 0.768. The standard InChI is InChI=1S/C13H16N2O2/c14-10-7-11(10)15-13(16)9-5-6-17-12-4-2-1-3-8(9)12/h1-4,9-11H,5-7,14H2,(H,15,16). The first-order valence-electron chi connectivity index (χ1n) is 6.03. The van der Waals surface area contributed by atoms with E-state index in [9.17, 15) is 4.79 Å². The molecule has 0 saturated heterocycles. The van der Waals surface area contributed by atoms with Crippen molar-refractivity contribution in [3.05, 3.63) is 29.8 Å². The van der Waals surface area contributed by atoms with Crippen LogP contribution >= 0.6 is 0 Å². The highest BCUT2D eigenvalue weighted by Gasteiger charge is 2.37. The van der Waals surface area contributed by atoms with Gasteiger partial charge in [0.25, 0.3) is 0 Å². The summed E-state index contributed by atoms with van der Waals surface area (Å²) in [6.07, 6.45) is 1.64. The van der Waals surface area contributed by atoms with E-state index < -0.39 is 0 Å². The molecular weight excluding hydrogens is 216 g/mol. The van der Waals surface area contributed by atoms with Gasteiger partial charge in [-0.3, -0.25) is 4.79 Å². The lowest BCUT2D eigenvalue weighted by molar-refractivity contribution is -0.123. The van der Waals surface area contributed by atoms with Crippen molar-refractivity contribution in [3.63, 3.8) is 0 Å². The fourth-order valence-electron chi connectivity index (χ4n) is 2.28. The fraction of sp³-hybridized carbons (Fsp3) is 0.462. The van der Waals surface area contributed by atoms with Crippen LogP contribution in [0.1, 0.15) is 24.3 Å². The quantitative estimate of drug-likeness (QED) is 0.791. The van der Waals surface area contributed by atoms with Crippen molar-refractivity contribution in [3.8, 4) is 5.75 Å². The van der Waals surface area contributed by atoms with E-state index in [1.54, 1.807) is 0 Å². The lowest BCUT2D eigenvalue weighted by Gasteiger charge is -2.25. The molecule has 1 aliphatic carbocycles. The minimum Gasteiger partial charge on any atom is -0.493 e. The molecule has 0 bridgehead atoms. The van der Waals surface area contributed by atoms with Crippen LogP contribution in [0.2, 0.25) is 0 Å². The van der Waals surface area contributed by atoms with Crippen LogP contribution in [0, 0.1) is 0 Å². The molecule has 1 saturated carbocycles. The highest BCUT2D eigenvalue weighted by molar-refractivity contribution is 5.85. The van der Waals surface area contributed by atoms with Gasteiger partial charge < -0.3 is 15.8 Å². The zero-order valence-electron chi connectivity index (χ0n) is 9.56. The Morgan fingerprint density at radius 2 is 2.18 bits per heavy atom. The molecule has 3 N–H and O–H groups in total. The van der Waals surface area contributed by atoms with Gasteiger partial charge in [0, 0.05) is 17.6 Å². The number of benzene rings is 1. The third kappa shape index (κ3) is 2.00. The van der Waals surface area contributed by atoms with Crippen molar-refractivity contribution in [1.29, 1.82) is 0 Å². The molecule has 3 rings (SSSR count). The molecule has 0 spiro atoms. The van der Waals surface area contributed by atoms with Crippen molar-refractivity contribution in [2.24, 2.45) is 5.73 Å². The van der Waals surface area contributed by atoms with Gasteiger partial charge in [-0.1, -0.05) is 18.2 Å². The summed E-state index contributed by atoms with van der Waals surface area (Å²) in [7, 11) is 0. The summed E-state index contributed by atoms with van der Waals surface area (Å²) in [6, 6.07) is 8.07. The van der Waals surface area contributed by atoms with E-state index in [1.165, 1.54) is 0 Å². The van der Waals surface area contributed by atoms with Crippen LogP contribution in [0.4, 0.5) is 0 Å². The van der Waals surface area contributed by atoms with Crippen LogP contribution in [0.25, 0.3) is 0 Å². The number of hydrogen-bond acceptors (Lipinski definition) is 3. The number of carbonyl (C=O) groups is 1.